The molecule has 9 aromatic rings. The predicted molar refractivity (Wildman–Crippen MR) is 214 cm³/mol. The summed E-state index contributed by atoms with van der Waals surface area (Å²) in [5.41, 5.74) is 16.1. The summed E-state index contributed by atoms with van der Waals surface area (Å²) in [4.78, 5) is 11.6. The summed E-state index contributed by atoms with van der Waals surface area (Å²) in [6, 6.07) is 61.6. The van der Waals surface area contributed by atoms with E-state index in [-0.39, 0.29) is 5.41 Å². The minimum Gasteiger partial charge on any atom is -0.309 e. The van der Waals surface area contributed by atoms with E-state index < -0.39 is 0 Å². The van der Waals surface area contributed by atoms with Gasteiger partial charge in [-0.1, -0.05) is 133 Å². The Morgan fingerprint density at radius 1 is 0.481 bits per heavy atom. The zero-order valence-electron chi connectivity index (χ0n) is 28.4. The maximum absolute atomic E-state index is 5.22. The second kappa shape index (κ2) is 11.1. The summed E-state index contributed by atoms with van der Waals surface area (Å²) in [5.74, 6) is 0. The van der Waals surface area contributed by atoms with Crippen LogP contribution in [0.3, 0.4) is 0 Å². The van der Waals surface area contributed by atoms with Crippen LogP contribution in [0, 0.1) is 0 Å². The number of hydrogen-bond acceptors (Lipinski definition) is 3. The van der Waals surface area contributed by atoms with Crippen molar-refractivity contribution in [3.05, 3.63) is 187 Å². The van der Waals surface area contributed by atoms with E-state index in [2.05, 4.69) is 169 Å². The topological polar surface area (TPSA) is 30.7 Å². The van der Waals surface area contributed by atoms with Crippen molar-refractivity contribution >= 4 is 33.6 Å². The van der Waals surface area contributed by atoms with E-state index >= 15 is 0 Å². The second-order valence-electron chi connectivity index (χ2n) is 13.9. The smallest absolute Gasteiger partial charge is 0.193 e. The van der Waals surface area contributed by atoms with Crippen LogP contribution in [-0.4, -0.2) is 14.5 Å². The molecule has 4 heterocycles. The number of rotatable bonds is 4. The molecule has 1 aliphatic carbocycles. The molecule has 0 spiro atoms. The average molecular weight is 682 g/mol. The van der Waals surface area contributed by atoms with Gasteiger partial charge in [-0.2, -0.15) is 0 Å². The molecule has 7 aromatic carbocycles. The number of para-hydroxylation sites is 2. The van der Waals surface area contributed by atoms with E-state index in [1.165, 1.54) is 55.2 Å². The van der Waals surface area contributed by atoms with Crippen molar-refractivity contribution in [2.75, 3.05) is 0 Å². The van der Waals surface area contributed by atoms with E-state index in [1.54, 1.807) is 11.8 Å². The van der Waals surface area contributed by atoms with Gasteiger partial charge in [-0.15, -0.1) is 0 Å². The largest absolute Gasteiger partial charge is 0.309 e. The first-order valence-corrected chi connectivity index (χ1v) is 18.6. The Labute approximate surface area is 306 Å². The lowest BCUT2D eigenvalue weighted by Gasteiger charge is -2.29. The van der Waals surface area contributed by atoms with Crippen molar-refractivity contribution in [3.8, 4) is 50.5 Å². The molecule has 0 N–H and O–H groups in total. The van der Waals surface area contributed by atoms with Gasteiger partial charge < -0.3 is 4.57 Å². The molecule has 0 amide bonds. The Morgan fingerprint density at radius 2 is 1.13 bits per heavy atom. The van der Waals surface area contributed by atoms with E-state index in [0.29, 0.717) is 0 Å². The fourth-order valence-corrected chi connectivity index (χ4v) is 9.60. The molecule has 2 aliphatic heterocycles. The Kier molecular flexibility index (Phi) is 6.32. The molecule has 2 aromatic heterocycles. The van der Waals surface area contributed by atoms with E-state index in [1.807, 2.05) is 12.1 Å². The molecule has 0 fully saturated rings. The van der Waals surface area contributed by atoms with Gasteiger partial charge in [0.1, 0.15) is 0 Å². The molecule has 3 aliphatic rings. The molecule has 0 saturated heterocycles. The molecule has 4 heteroatoms. The van der Waals surface area contributed by atoms with E-state index in [0.717, 1.165) is 43.8 Å². The first-order valence-electron chi connectivity index (χ1n) is 17.7. The van der Waals surface area contributed by atoms with Gasteiger partial charge in [0.15, 0.2) is 5.16 Å². The van der Waals surface area contributed by atoms with Gasteiger partial charge in [0.2, 0.25) is 0 Å². The summed E-state index contributed by atoms with van der Waals surface area (Å²) in [7, 11) is 0. The van der Waals surface area contributed by atoms with Gasteiger partial charge in [0, 0.05) is 37.8 Å². The van der Waals surface area contributed by atoms with Crippen molar-refractivity contribution in [2.45, 2.75) is 22.4 Å². The number of hydrogen-bond donors (Lipinski definition) is 0. The third kappa shape index (κ3) is 4.22. The molecule has 0 saturated carbocycles. The summed E-state index contributed by atoms with van der Waals surface area (Å²) in [6.45, 7) is 2.41. The van der Waals surface area contributed by atoms with Crippen LogP contribution in [0.2, 0.25) is 0 Å². The van der Waals surface area contributed by atoms with Crippen LogP contribution in [0.25, 0.3) is 72.3 Å². The van der Waals surface area contributed by atoms with Crippen molar-refractivity contribution < 1.29 is 0 Å². The van der Waals surface area contributed by atoms with Crippen molar-refractivity contribution in [2.24, 2.45) is 0 Å². The van der Waals surface area contributed by atoms with Gasteiger partial charge in [0.05, 0.1) is 28.1 Å². The fourth-order valence-electron chi connectivity index (χ4n) is 8.64. The lowest BCUT2D eigenvalue weighted by molar-refractivity contribution is 0.712. The molecule has 52 heavy (non-hydrogen) atoms. The molecular formula is C48H31N3S. The van der Waals surface area contributed by atoms with Crippen LogP contribution >= 0.6 is 11.8 Å². The summed E-state index contributed by atoms with van der Waals surface area (Å²) >= 11 is 1.66. The number of benzene rings is 7. The van der Waals surface area contributed by atoms with Gasteiger partial charge in [-0.3, -0.25) is 0 Å². The van der Waals surface area contributed by atoms with E-state index in [9.17, 15) is 0 Å². The average Bonchev–Trinajstić information content (AvgIpc) is 3.66. The van der Waals surface area contributed by atoms with E-state index in [4.69, 9.17) is 9.97 Å². The quantitative estimate of drug-likeness (QED) is 0.173. The lowest BCUT2D eigenvalue weighted by Crippen LogP contribution is -2.22. The minimum absolute atomic E-state index is 0.367. The monoisotopic (exact) mass is 681 g/mol. The highest BCUT2D eigenvalue weighted by Crippen LogP contribution is 2.56. The highest BCUT2D eigenvalue weighted by molar-refractivity contribution is 7.99. The first-order chi connectivity index (χ1) is 25.6. The van der Waals surface area contributed by atoms with Gasteiger partial charge >= 0.3 is 0 Å². The molecule has 0 radical (unpaired) electrons. The Bertz CT molecular complexity index is 2830. The van der Waals surface area contributed by atoms with Crippen molar-refractivity contribution in [1.29, 1.82) is 0 Å². The molecule has 244 valence electrons. The molecule has 1 atom stereocenters. The maximum Gasteiger partial charge on any atom is 0.193 e. The van der Waals surface area contributed by atoms with Gasteiger partial charge in [-0.25, -0.2) is 9.97 Å². The highest BCUT2D eigenvalue weighted by Gasteiger charge is 2.42. The third-order valence-electron chi connectivity index (χ3n) is 11.1. The number of fused-ring (bicyclic) bond motifs is 6. The maximum atomic E-state index is 5.22. The normalized spacial score (nSPS) is 15.2. The zero-order valence-corrected chi connectivity index (χ0v) is 29.2. The van der Waals surface area contributed by atoms with Crippen LogP contribution in [0.1, 0.15) is 23.6 Å². The van der Waals surface area contributed by atoms with Crippen LogP contribution in [0.5, 0.6) is 0 Å². The van der Waals surface area contributed by atoms with Crippen LogP contribution in [0.15, 0.2) is 180 Å². The highest BCUT2D eigenvalue weighted by atomic mass is 32.2. The Morgan fingerprint density at radius 3 is 1.90 bits per heavy atom. The van der Waals surface area contributed by atoms with Crippen LogP contribution in [-0.2, 0) is 5.41 Å². The second-order valence-corrected chi connectivity index (χ2v) is 14.9. The zero-order chi connectivity index (χ0) is 34.4. The van der Waals surface area contributed by atoms with Crippen molar-refractivity contribution in [1.82, 2.24) is 14.5 Å². The lowest BCUT2D eigenvalue weighted by atomic mass is 9.74. The SMILES string of the molecule is CC12c3ccc(c(Sc4nc(-c5ccccc5)cc(-c5ccccc5)n4)c3)-c3ccccc3-n3c4ccccc4c4cc(c1cc43)-c1ccccc12. The molecule has 4 bridgehead atoms. The van der Waals surface area contributed by atoms with Gasteiger partial charge in [0.25, 0.3) is 0 Å². The Hall–Kier alpha value is -6.23. The van der Waals surface area contributed by atoms with Gasteiger partial charge in [-0.05, 0) is 88.5 Å². The first kappa shape index (κ1) is 29.5. The summed E-state index contributed by atoms with van der Waals surface area (Å²) in [5, 5.41) is 3.26. The minimum atomic E-state index is -0.367. The van der Waals surface area contributed by atoms with Crippen LogP contribution < -0.4 is 0 Å². The predicted octanol–water partition coefficient (Wildman–Crippen LogP) is 12.4. The van der Waals surface area contributed by atoms with Crippen molar-refractivity contribution in [3.63, 3.8) is 0 Å². The summed E-state index contributed by atoms with van der Waals surface area (Å²) < 4.78 is 2.48. The molecule has 1 unspecified atom stereocenters. The molecule has 12 rings (SSSR count). The number of aromatic nitrogens is 3. The third-order valence-corrected chi connectivity index (χ3v) is 12.1. The van der Waals surface area contributed by atoms with Crippen LogP contribution in [0.4, 0.5) is 0 Å². The standard InChI is InChI=1S/C48H31N3S/c1-48-32-24-25-36(46(26-32)52-47-49-41(30-14-4-2-5-15-30)29-42(50-47)31-16-6-3-7-17-31)34-19-9-12-22-43(34)51-44-23-13-10-20-35(44)38-27-37(40(48)28-45(38)51)33-18-8-11-21-39(33)48/h2-29H,1H3. The molecular weight excluding hydrogens is 651 g/mol. The Balaban J connectivity index is 1.21. The fraction of sp³-hybridized carbons (Fsp3) is 0.0417. The summed E-state index contributed by atoms with van der Waals surface area (Å²) in [6.07, 6.45) is 0. The number of nitrogens with zero attached hydrogens (tertiary/aromatic N) is 3. The molecule has 3 nitrogen and oxygen atoms in total.